The fourth-order valence-electron chi connectivity index (χ4n) is 4.05. The SMILES string of the molecule is CCCCC[C@H]1CC[C@H](CCC=Cc2ccc(OCCCC)cc2)CC1. The first-order valence-electron chi connectivity index (χ1n) is 11.2. The first-order valence-corrected chi connectivity index (χ1v) is 11.2. The molecule has 1 aliphatic carbocycles. The van der Waals surface area contributed by atoms with Crippen molar-refractivity contribution in [1.29, 1.82) is 0 Å². The molecule has 0 aromatic heterocycles. The zero-order valence-corrected chi connectivity index (χ0v) is 17.2. The molecule has 146 valence electrons. The van der Waals surface area contributed by atoms with Crippen molar-refractivity contribution < 1.29 is 4.74 Å². The molecule has 1 saturated carbocycles. The second kappa shape index (κ2) is 13.0. The number of rotatable bonds is 12. The third-order valence-corrected chi connectivity index (χ3v) is 5.88. The van der Waals surface area contributed by atoms with Crippen LogP contribution < -0.4 is 4.74 Å². The van der Waals surface area contributed by atoms with Crippen LogP contribution in [0.2, 0.25) is 0 Å². The monoisotopic (exact) mass is 356 g/mol. The van der Waals surface area contributed by atoms with E-state index in [4.69, 9.17) is 4.74 Å². The Morgan fingerprint density at radius 2 is 1.50 bits per heavy atom. The Balaban J connectivity index is 1.59. The summed E-state index contributed by atoms with van der Waals surface area (Å²) in [5, 5.41) is 0. The summed E-state index contributed by atoms with van der Waals surface area (Å²) < 4.78 is 5.72. The molecule has 0 spiro atoms. The number of unbranched alkanes of at least 4 members (excludes halogenated alkanes) is 3. The van der Waals surface area contributed by atoms with Crippen molar-refractivity contribution in [3.05, 3.63) is 35.9 Å². The van der Waals surface area contributed by atoms with Crippen LogP contribution >= 0.6 is 0 Å². The third-order valence-electron chi connectivity index (χ3n) is 5.88. The molecule has 0 bridgehead atoms. The Hall–Kier alpha value is -1.24. The molecule has 0 atom stereocenters. The van der Waals surface area contributed by atoms with E-state index in [9.17, 15) is 0 Å². The smallest absolute Gasteiger partial charge is 0.119 e. The number of hydrogen-bond acceptors (Lipinski definition) is 1. The second-order valence-corrected chi connectivity index (χ2v) is 8.13. The van der Waals surface area contributed by atoms with Gasteiger partial charge in [-0.25, -0.2) is 0 Å². The Morgan fingerprint density at radius 1 is 0.846 bits per heavy atom. The molecular formula is C25H40O. The summed E-state index contributed by atoms with van der Waals surface area (Å²) >= 11 is 0. The van der Waals surface area contributed by atoms with E-state index in [-0.39, 0.29) is 0 Å². The van der Waals surface area contributed by atoms with Crippen LogP contribution in [0, 0.1) is 11.8 Å². The second-order valence-electron chi connectivity index (χ2n) is 8.13. The predicted octanol–water partition coefficient (Wildman–Crippen LogP) is 8.05. The standard InChI is InChI=1S/C25H40O/c1-3-5-7-10-22-13-15-23(16-14-22)11-8-9-12-24-17-19-25(20-18-24)26-21-6-4-2/h9,12,17-20,22-23H,3-8,10-11,13-16,21H2,1-2H3/t22-,23-. The third kappa shape index (κ3) is 8.43. The summed E-state index contributed by atoms with van der Waals surface area (Å²) in [5.41, 5.74) is 1.28. The summed E-state index contributed by atoms with van der Waals surface area (Å²) in [6.45, 7) is 5.32. The number of hydrogen-bond donors (Lipinski definition) is 0. The van der Waals surface area contributed by atoms with E-state index >= 15 is 0 Å². The highest BCUT2D eigenvalue weighted by atomic mass is 16.5. The minimum atomic E-state index is 0.826. The van der Waals surface area contributed by atoms with Crippen molar-refractivity contribution in [2.45, 2.75) is 90.9 Å². The van der Waals surface area contributed by atoms with Gasteiger partial charge in [-0.15, -0.1) is 0 Å². The Bertz CT molecular complexity index is 479. The molecule has 0 heterocycles. The quantitative estimate of drug-likeness (QED) is 0.344. The molecule has 26 heavy (non-hydrogen) atoms. The average Bonchev–Trinajstić information content (AvgIpc) is 2.68. The summed E-state index contributed by atoms with van der Waals surface area (Å²) in [5.74, 6) is 2.99. The topological polar surface area (TPSA) is 9.23 Å². The molecule has 1 aromatic carbocycles. The highest BCUT2D eigenvalue weighted by Gasteiger charge is 2.19. The van der Waals surface area contributed by atoms with Crippen LogP contribution in [0.4, 0.5) is 0 Å². The van der Waals surface area contributed by atoms with E-state index in [2.05, 4.69) is 50.3 Å². The van der Waals surface area contributed by atoms with Crippen molar-refractivity contribution in [2.75, 3.05) is 6.61 Å². The Labute approximate surface area is 162 Å². The largest absolute Gasteiger partial charge is 0.494 e. The lowest BCUT2D eigenvalue weighted by Gasteiger charge is -2.28. The van der Waals surface area contributed by atoms with Crippen LogP contribution in [0.3, 0.4) is 0 Å². The van der Waals surface area contributed by atoms with E-state index in [0.29, 0.717) is 0 Å². The van der Waals surface area contributed by atoms with E-state index in [1.807, 2.05) is 0 Å². The summed E-state index contributed by atoms with van der Waals surface area (Å²) in [6.07, 6.45) is 21.2. The van der Waals surface area contributed by atoms with Crippen molar-refractivity contribution in [2.24, 2.45) is 11.8 Å². The molecular weight excluding hydrogens is 316 g/mol. The van der Waals surface area contributed by atoms with Gasteiger partial charge >= 0.3 is 0 Å². The van der Waals surface area contributed by atoms with Gasteiger partial charge in [-0.3, -0.25) is 0 Å². The molecule has 0 N–H and O–H groups in total. The van der Waals surface area contributed by atoms with Crippen LogP contribution in [0.25, 0.3) is 6.08 Å². The van der Waals surface area contributed by atoms with E-state index in [1.165, 1.54) is 76.2 Å². The number of benzene rings is 1. The van der Waals surface area contributed by atoms with Crippen molar-refractivity contribution >= 4 is 6.08 Å². The van der Waals surface area contributed by atoms with Gasteiger partial charge in [0.05, 0.1) is 6.61 Å². The molecule has 1 fully saturated rings. The van der Waals surface area contributed by atoms with Gasteiger partial charge in [0.1, 0.15) is 5.75 Å². The van der Waals surface area contributed by atoms with Crippen LogP contribution in [0.1, 0.15) is 96.5 Å². The molecule has 1 aromatic rings. The minimum Gasteiger partial charge on any atom is -0.494 e. The lowest BCUT2D eigenvalue weighted by Crippen LogP contribution is -2.14. The molecule has 0 amide bonds. The highest BCUT2D eigenvalue weighted by Crippen LogP contribution is 2.34. The molecule has 2 rings (SSSR count). The maximum atomic E-state index is 5.72. The normalized spacial score (nSPS) is 20.5. The summed E-state index contributed by atoms with van der Waals surface area (Å²) in [4.78, 5) is 0. The molecule has 1 heteroatoms. The molecule has 0 aliphatic heterocycles. The first kappa shape index (κ1) is 21.1. The van der Waals surface area contributed by atoms with Crippen LogP contribution in [0.5, 0.6) is 5.75 Å². The highest BCUT2D eigenvalue weighted by molar-refractivity contribution is 5.50. The van der Waals surface area contributed by atoms with Crippen molar-refractivity contribution in [3.63, 3.8) is 0 Å². The van der Waals surface area contributed by atoms with E-state index in [1.54, 1.807) is 0 Å². The molecule has 0 radical (unpaired) electrons. The van der Waals surface area contributed by atoms with Crippen molar-refractivity contribution in [3.8, 4) is 5.75 Å². The lowest BCUT2D eigenvalue weighted by molar-refractivity contribution is 0.250. The summed E-state index contributed by atoms with van der Waals surface area (Å²) in [6, 6.07) is 8.52. The fourth-order valence-corrected chi connectivity index (χ4v) is 4.05. The van der Waals surface area contributed by atoms with Crippen LogP contribution in [-0.4, -0.2) is 6.61 Å². The average molecular weight is 357 g/mol. The van der Waals surface area contributed by atoms with Crippen LogP contribution in [-0.2, 0) is 0 Å². The predicted molar refractivity (Wildman–Crippen MR) is 115 cm³/mol. The summed E-state index contributed by atoms with van der Waals surface area (Å²) in [7, 11) is 0. The van der Waals surface area contributed by atoms with Gasteiger partial charge in [0, 0.05) is 0 Å². The number of ether oxygens (including phenoxy) is 1. The van der Waals surface area contributed by atoms with Gasteiger partial charge in [-0.1, -0.05) is 95.9 Å². The minimum absolute atomic E-state index is 0.826. The van der Waals surface area contributed by atoms with E-state index in [0.717, 1.165) is 30.6 Å². The van der Waals surface area contributed by atoms with Gasteiger partial charge in [0.15, 0.2) is 0 Å². The van der Waals surface area contributed by atoms with Crippen LogP contribution in [0.15, 0.2) is 30.3 Å². The zero-order valence-electron chi connectivity index (χ0n) is 17.2. The van der Waals surface area contributed by atoms with E-state index < -0.39 is 0 Å². The maximum absolute atomic E-state index is 5.72. The number of allylic oxidation sites excluding steroid dienone is 1. The van der Waals surface area contributed by atoms with Gasteiger partial charge in [-0.05, 0) is 48.8 Å². The van der Waals surface area contributed by atoms with Gasteiger partial charge < -0.3 is 4.74 Å². The molecule has 1 nitrogen and oxygen atoms in total. The maximum Gasteiger partial charge on any atom is 0.119 e. The van der Waals surface area contributed by atoms with Crippen molar-refractivity contribution in [1.82, 2.24) is 0 Å². The van der Waals surface area contributed by atoms with Gasteiger partial charge in [0.2, 0.25) is 0 Å². The molecule has 0 unspecified atom stereocenters. The van der Waals surface area contributed by atoms with Gasteiger partial charge in [-0.2, -0.15) is 0 Å². The lowest BCUT2D eigenvalue weighted by atomic mass is 9.78. The zero-order chi connectivity index (χ0) is 18.5. The van der Waals surface area contributed by atoms with Gasteiger partial charge in [0.25, 0.3) is 0 Å². The first-order chi connectivity index (χ1) is 12.8. The Kier molecular flexibility index (Phi) is 10.5. The fraction of sp³-hybridized carbons (Fsp3) is 0.680. The molecule has 0 saturated heterocycles. The molecule has 1 aliphatic rings. The Morgan fingerprint density at radius 3 is 2.15 bits per heavy atom.